The second-order valence-electron chi connectivity index (χ2n) is 31.8. The van der Waals surface area contributed by atoms with Crippen LogP contribution >= 0.6 is 34.4 Å². The molecular formula is C105H93F6N5O2S3. The maximum absolute atomic E-state index is 16.6. The molecule has 2 aliphatic rings. The van der Waals surface area contributed by atoms with Gasteiger partial charge in [0, 0.05) is 87.5 Å². The SMILES string of the molecule is CCCCCCCCC1(CCCCCCCC)c2cc(-c3ccc(COc4ccc(-c5cc(C6=C(c7cc(-c8ccc(OCc9ccc(-c%10cnc(-c%11ccc(N(c%12ccccc%12)c%12ccccc%12)cc%11)c%11nsnc%10%11)cc9)cc8)sc7C)C(F)(F)C(F)(F)C6(F)F)c(C)s5)cc4)cc3)ccc2-c2ccc(N(c3ccccc3)c3ccccc3)cc21. The summed E-state index contributed by atoms with van der Waals surface area (Å²) in [5.74, 6) is -15.1. The van der Waals surface area contributed by atoms with Crippen molar-refractivity contribution in [2.45, 2.75) is 154 Å². The van der Waals surface area contributed by atoms with Gasteiger partial charge in [-0.2, -0.15) is 35.1 Å². The van der Waals surface area contributed by atoms with Crippen LogP contribution in [0.25, 0.3) is 87.7 Å². The van der Waals surface area contributed by atoms with Gasteiger partial charge >= 0.3 is 17.8 Å². The Morgan fingerprint density at radius 2 is 0.719 bits per heavy atom. The molecule has 121 heavy (non-hydrogen) atoms. The van der Waals surface area contributed by atoms with E-state index in [-0.39, 0.29) is 39.5 Å². The molecule has 17 rings (SSSR count). The number of hydrogen-bond donors (Lipinski definition) is 0. The Labute approximate surface area is 716 Å². The molecule has 0 atom stereocenters. The summed E-state index contributed by atoms with van der Waals surface area (Å²) in [5, 5.41) is 0. The number of rotatable bonds is 33. The lowest BCUT2D eigenvalue weighted by Crippen LogP contribution is -2.48. The highest BCUT2D eigenvalue weighted by molar-refractivity contribution is 7.16. The Morgan fingerprint density at radius 3 is 1.19 bits per heavy atom. The predicted octanol–water partition coefficient (Wildman–Crippen LogP) is 31.9. The molecule has 7 nitrogen and oxygen atoms in total. The number of halogens is 6. The summed E-state index contributed by atoms with van der Waals surface area (Å²) in [5.41, 5.74) is 18.4. The number of ether oxygens (including phenoxy) is 2. The number of aromatic nitrogens is 3. The fourth-order valence-electron chi connectivity index (χ4n) is 17.6. The molecule has 11 aromatic carbocycles. The summed E-state index contributed by atoms with van der Waals surface area (Å²) in [7, 11) is 0. The number of hydrogen-bond acceptors (Lipinski definition) is 10. The second-order valence-corrected chi connectivity index (χ2v) is 34.8. The van der Waals surface area contributed by atoms with Gasteiger partial charge in [0.2, 0.25) is 0 Å². The van der Waals surface area contributed by atoms with Crippen molar-refractivity contribution in [3.05, 3.63) is 341 Å². The average molecular weight is 1670 g/mol. The molecule has 16 heteroatoms. The minimum absolute atomic E-state index is 0.176. The minimum atomic E-state index is -5.73. The molecule has 0 saturated carbocycles. The first kappa shape index (κ1) is 81.7. The van der Waals surface area contributed by atoms with Crippen molar-refractivity contribution in [3.63, 3.8) is 0 Å². The number of pyridine rings is 1. The monoisotopic (exact) mass is 1670 g/mol. The van der Waals surface area contributed by atoms with Crippen molar-refractivity contribution in [2.75, 3.05) is 9.80 Å². The van der Waals surface area contributed by atoms with Gasteiger partial charge in [0.25, 0.3) is 0 Å². The molecule has 4 heterocycles. The van der Waals surface area contributed by atoms with Crippen LogP contribution in [0.4, 0.5) is 60.5 Å². The summed E-state index contributed by atoms with van der Waals surface area (Å²) in [4.78, 5) is 10.8. The van der Waals surface area contributed by atoms with E-state index in [0.29, 0.717) is 37.9 Å². The van der Waals surface area contributed by atoms with Crippen molar-refractivity contribution in [3.8, 4) is 77.0 Å². The number of benzene rings is 11. The number of unbranched alkanes of at least 4 members (excludes halogenated alkanes) is 10. The third-order valence-electron chi connectivity index (χ3n) is 23.9. The van der Waals surface area contributed by atoms with Crippen molar-refractivity contribution in [1.82, 2.24) is 13.7 Å². The zero-order valence-electron chi connectivity index (χ0n) is 68.1. The van der Waals surface area contributed by atoms with Gasteiger partial charge in [-0.15, -0.1) is 22.7 Å². The molecular weight excluding hydrogens is 1570 g/mol. The lowest BCUT2D eigenvalue weighted by molar-refractivity contribution is -0.254. The van der Waals surface area contributed by atoms with Crippen LogP contribution in [0, 0.1) is 13.8 Å². The molecule has 0 N–H and O–H groups in total. The van der Waals surface area contributed by atoms with E-state index in [2.05, 4.69) is 194 Å². The lowest BCUT2D eigenvalue weighted by atomic mass is 9.70. The fourth-order valence-corrected chi connectivity index (χ4v) is 20.2. The lowest BCUT2D eigenvalue weighted by Gasteiger charge is -2.34. The van der Waals surface area contributed by atoms with E-state index in [1.54, 1.807) is 48.5 Å². The van der Waals surface area contributed by atoms with Crippen molar-refractivity contribution in [2.24, 2.45) is 0 Å². The zero-order valence-corrected chi connectivity index (χ0v) is 70.6. The molecule has 15 aromatic rings. The third kappa shape index (κ3) is 16.4. The number of nitrogens with zero attached hydrogens (tertiary/aromatic N) is 5. The number of aryl methyl sites for hydroxylation is 2. The molecule has 0 bridgehead atoms. The van der Waals surface area contributed by atoms with E-state index in [1.807, 2.05) is 66.9 Å². The molecule has 4 aromatic heterocycles. The molecule has 2 aliphatic carbocycles. The Bertz CT molecular complexity index is 6020. The second kappa shape index (κ2) is 35.5. The number of allylic oxidation sites excluding steroid dienone is 2. The third-order valence-corrected chi connectivity index (χ3v) is 26.7. The Morgan fingerprint density at radius 1 is 0.339 bits per heavy atom. The van der Waals surface area contributed by atoms with Crippen LogP contribution in [0.2, 0.25) is 0 Å². The standard InChI is InChI=1S/C105H93F6N5O2S3/c1-5-7-9-11-13-27-61-102(62-28-14-12-10-8-6-2)93-63-79(51-59-88(93)89-60-54-85(64-94(89)102)116(82-33-23-17-24-34-82)83-35-25-18-26-36-83)74-41-37-72(38-42-74)68-117-86-55-47-76(48-56-86)95-65-90(70(3)119-95)97-98(104(108,109)105(110,111)103(97,106)107)91-66-96(120-71(91)4)77-49-57-87(58-50-77)118-69-73-39-43-75(44-40-73)92-67-112-99(101-100(92)113-121-114-101)78-45-52-84(53-46-78)115(80-29-19-15-20-30-80)81-31-21-16-22-32-81/h15-26,29-60,63-67H,5-14,27-28,61-62,68-69H2,1-4H3. The van der Waals surface area contributed by atoms with Crippen LogP contribution in [0.3, 0.4) is 0 Å². The molecule has 0 amide bonds. The van der Waals surface area contributed by atoms with E-state index >= 15 is 26.3 Å². The molecule has 0 spiro atoms. The van der Waals surface area contributed by atoms with Crippen molar-refractivity contribution in [1.29, 1.82) is 0 Å². The van der Waals surface area contributed by atoms with Gasteiger partial charge < -0.3 is 19.3 Å². The summed E-state index contributed by atoms with van der Waals surface area (Å²) < 4.78 is 120. The summed E-state index contributed by atoms with van der Waals surface area (Å²) >= 11 is 3.28. The number of thiophene rings is 2. The van der Waals surface area contributed by atoms with Crippen molar-refractivity contribution < 1.29 is 35.8 Å². The first-order valence-electron chi connectivity index (χ1n) is 42.1. The number of alkyl halides is 6. The van der Waals surface area contributed by atoms with Gasteiger partial charge in [-0.25, -0.2) is 0 Å². The van der Waals surface area contributed by atoms with Crippen LogP contribution in [0.1, 0.15) is 147 Å². The van der Waals surface area contributed by atoms with Gasteiger partial charge in [-0.05, 0) is 239 Å². The smallest absolute Gasteiger partial charge is 0.380 e. The summed E-state index contributed by atoms with van der Waals surface area (Å²) in [6.45, 7) is 8.03. The van der Waals surface area contributed by atoms with Gasteiger partial charge in [-0.1, -0.05) is 243 Å². The zero-order chi connectivity index (χ0) is 83.2. The molecule has 0 fully saturated rings. The summed E-state index contributed by atoms with van der Waals surface area (Å²) in [6.07, 6.45) is 18.7. The normalized spacial score (nSPS) is 14.1. The van der Waals surface area contributed by atoms with E-state index in [1.165, 1.54) is 118 Å². The van der Waals surface area contributed by atoms with Crippen LogP contribution in [-0.4, -0.2) is 31.5 Å². The topological polar surface area (TPSA) is 63.6 Å². The highest BCUT2D eigenvalue weighted by Crippen LogP contribution is 2.67. The van der Waals surface area contributed by atoms with Crippen molar-refractivity contribution >= 4 is 90.7 Å². The number of anilines is 6. The quantitative estimate of drug-likeness (QED) is 0.0300. The predicted molar refractivity (Wildman–Crippen MR) is 489 cm³/mol. The van der Waals surface area contributed by atoms with E-state index in [0.717, 1.165) is 139 Å². The van der Waals surface area contributed by atoms with Gasteiger partial charge in [0.15, 0.2) is 0 Å². The average Bonchev–Trinajstić information content (AvgIpc) is 1.52. The molecule has 610 valence electrons. The highest BCUT2D eigenvalue weighted by atomic mass is 32.1. The minimum Gasteiger partial charge on any atom is -0.489 e. The maximum atomic E-state index is 16.6. The van der Waals surface area contributed by atoms with Crippen LogP contribution in [-0.2, 0) is 18.6 Å². The Hall–Kier alpha value is -11.7. The first-order chi connectivity index (χ1) is 59.0. The molecule has 0 aliphatic heterocycles. The van der Waals surface area contributed by atoms with Gasteiger partial charge in [-0.3, -0.25) is 4.98 Å². The van der Waals surface area contributed by atoms with Gasteiger partial charge in [0.1, 0.15) is 35.7 Å². The van der Waals surface area contributed by atoms with Crippen LogP contribution < -0.4 is 19.3 Å². The molecule has 0 saturated heterocycles. The Kier molecular flexibility index (Phi) is 24.0. The van der Waals surface area contributed by atoms with Crippen LogP contribution in [0.15, 0.2) is 297 Å². The highest BCUT2D eigenvalue weighted by Gasteiger charge is 2.80. The van der Waals surface area contributed by atoms with E-state index in [4.69, 9.17) is 23.2 Å². The number of para-hydroxylation sites is 4. The Balaban J connectivity index is 0.564. The first-order valence-corrected chi connectivity index (χ1v) is 44.4. The fraction of sp³-hybridized carbons (Fsp3) is 0.229. The summed E-state index contributed by atoms with van der Waals surface area (Å²) in [6, 6.07) is 97.6. The maximum Gasteiger partial charge on any atom is 0.380 e. The van der Waals surface area contributed by atoms with E-state index < -0.39 is 28.9 Å². The van der Waals surface area contributed by atoms with E-state index in [9.17, 15) is 0 Å². The number of fused-ring (bicyclic) bond motifs is 4. The largest absolute Gasteiger partial charge is 0.489 e. The molecule has 0 radical (unpaired) electrons. The van der Waals surface area contributed by atoms with Gasteiger partial charge in [0.05, 0.1) is 17.4 Å². The molecule has 0 unspecified atom stereocenters. The van der Waals surface area contributed by atoms with Crippen LogP contribution in [0.5, 0.6) is 11.5 Å².